The molecule has 2 rings (SSSR count). The molecule has 102 valence electrons. The van der Waals surface area contributed by atoms with Crippen LogP contribution in [-0.4, -0.2) is 22.8 Å². The van der Waals surface area contributed by atoms with Crippen molar-refractivity contribution in [1.82, 2.24) is 9.88 Å². The van der Waals surface area contributed by atoms with Gasteiger partial charge < -0.3 is 10.6 Å². The van der Waals surface area contributed by atoms with Crippen molar-refractivity contribution in [3.8, 4) is 0 Å². The largest absolute Gasteiger partial charge is 0.399 e. The molecule has 0 aliphatic carbocycles. The van der Waals surface area contributed by atoms with Gasteiger partial charge in [0, 0.05) is 37.7 Å². The summed E-state index contributed by atoms with van der Waals surface area (Å²) in [6.07, 6.45) is 6.78. The van der Waals surface area contributed by atoms with Crippen molar-refractivity contribution < 1.29 is 4.79 Å². The van der Waals surface area contributed by atoms with Gasteiger partial charge >= 0.3 is 0 Å². The minimum Gasteiger partial charge on any atom is -0.399 e. The Bertz CT molecular complexity index is 608. The lowest BCUT2D eigenvalue weighted by atomic mass is 10.2. The molecule has 1 heterocycles. The molecule has 2 N–H and O–H groups in total. The highest BCUT2D eigenvalue weighted by atomic mass is 16.2. The van der Waals surface area contributed by atoms with Crippen LogP contribution in [0.1, 0.15) is 11.1 Å². The number of anilines is 1. The minimum atomic E-state index is -0.0590. The van der Waals surface area contributed by atoms with Crippen molar-refractivity contribution in [3.63, 3.8) is 0 Å². The minimum absolute atomic E-state index is 0.0590. The van der Waals surface area contributed by atoms with Crippen molar-refractivity contribution in [2.45, 2.75) is 6.54 Å². The third-order valence-electron chi connectivity index (χ3n) is 2.85. The lowest BCUT2D eigenvalue weighted by Crippen LogP contribution is -2.24. The molecule has 0 fully saturated rings. The van der Waals surface area contributed by atoms with Crippen LogP contribution in [0.15, 0.2) is 54.9 Å². The number of rotatable bonds is 4. The van der Waals surface area contributed by atoms with Gasteiger partial charge in [0.2, 0.25) is 5.91 Å². The third kappa shape index (κ3) is 3.95. The van der Waals surface area contributed by atoms with E-state index < -0.39 is 0 Å². The number of pyridine rings is 1. The van der Waals surface area contributed by atoms with Crippen molar-refractivity contribution in [1.29, 1.82) is 0 Å². The Labute approximate surface area is 118 Å². The molecular weight excluding hydrogens is 250 g/mol. The molecule has 4 nitrogen and oxygen atoms in total. The predicted molar refractivity (Wildman–Crippen MR) is 80.6 cm³/mol. The van der Waals surface area contributed by atoms with Crippen molar-refractivity contribution >= 4 is 17.7 Å². The van der Waals surface area contributed by atoms with Crippen LogP contribution >= 0.6 is 0 Å². The van der Waals surface area contributed by atoms with Gasteiger partial charge in [0.1, 0.15) is 0 Å². The van der Waals surface area contributed by atoms with E-state index in [0.717, 1.165) is 11.1 Å². The molecule has 0 saturated heterocycles. The normalized spacial score (nSPS) is 10.7. The van der Waals surface area contributed by atoms with E-state index in [1.165, 1.54) is 0 Å². The number of likely N-dealkylation sites (N-methyl/N-ethyl adjacent to an activating group) is 1. The molecule has 2 aromatic rings. The zero-order chi connectivity index (χ0) is 14.4. The lowest BCUT2D eigenvalue weighted by Gasteiger charge is -2.14. The van der Waals surface area contributed by atoms with E-state index in [1.54, 1.807) is 36.5 Å². The van der Waals surface area contributed by atoms with E-state index in [9.17, 15) is 4.79 Å². The summed E-state index contributed by atoms with van der Waals surface area (Å²) in [5.74, 6) is -0.0590. The highest BCUT2D eigenvalue weighted by Crippen LogP contribution is 2.09. The number of carbonyl (C=O) groups is 1. The molecule has 0 aliphatic heterocycles. The monoisotopic (exact) mass is 267 g/mol. The Morgan fingerprint density at radius 3 is 2.90 bits per heavy atom. The van der Waals surface area contributed by atoms with Gasteiger partial charge in [0.15, 0.2) is 0 Å². The van der Waals surface area contributed by atoms with Gasteiger partial charge in [0.25, 0.3) is 0 Å². The Hall–Kier alpha value is -2.62. The van der Waals surface area contributed by atoms with Gasteiger partial charge in [-0.05, 0) is 35.4 Å². The summed E-state index contributed by atoms with van der Waals surface area (Å²) in [7, 11) is 1.76. The molecule has 4 heteroatoms. The van der Waals surface area contributed by atoms with Crippen LogP contribution in [0.2, 0.25) is 0 Å². The Balaban J connectivity index is 1.97. The molecule has 0 saturated carbocycles. The van der Waals surface area contributed by atoms with E-state index in [-0.39, 0.29) is 5.91 Å². The van der Waals surface area contributed by atoms with Gasteiger partial charge in [-0.2, -0.15) is 0 Å². The van der Waals surface area contributed by atoms with E-state index in [0.29, 0.717) is 12.2 Å². The Morgan fingerprint density at radius 1 is 1.35 bits per heavy atom. The summed E-state index contributed by atoms with van der Waals surface area (Å²) >= 11 is 0. The molecule has 1 aromatic heterocycles. The first kappa shape index (κ1) is 13.8. The number of amides is 1. The number of aromatic nitrogens is 1. The van der Waals surface area contributed by atoms with Crippen LogP contribution in [-0.2, 0) is 11.3 Å². The molecule has 1 aromatic carbocycles. The van der Waals surface area contributed by atoms with Crippen LogP contribution in [0.4, 0.5) is 5.69 Å². The second kappa shape index (κ2) is 6.52. The van der Waals surface area contributed by atoms with Gasteiger partial charge in [-0.1, -0.05) is 18.2 Å². The molecule has 0 bridgehead atoms. The second-order valence-electron chi connectivity index (χ2n) is 4.56. The molecule has 0 spiro atoms. The Kier molecular flexibility index (Phi) is 4.50. The summed E-state index contributed by atoms with van der Waals surface area (Å²) in [6, 6.07) is 11.2. The average molecular weight is 267 g/mol. The van der Waals surface area contributed by atoms with Gasteiger partial charge in [-0.25, -0.2) is 0 Å². The van der Waals surface area contributed by atoms with Crippen LogP contribution in [0, 0.1) is 0 Å². The summed E-state index contributed by atoms with van der Waals surface area (Å²) in [5, 5.41) is 0. The maximum atomic E-state index is 12.0. The third-order valence-corrected chi connectivity index (χ3v) is 2.85. The lowest BCUT2D eigenvalue weighted by molar-refractivity contribution is -0.125. The van der Waals surface area contributed by atoms with Gasteiger partial charge in [-0.3, -0.25) is 9.78 Å². The molecular formula is C16H17N3O. The SMILES string of the molecule is CN(Cc1cccnc1)C(=O)/C=C/c1cccc(N)c1. The summed E-state index contributed by atoms with van der Waals surface area (Å²) in [6.45, 7) is 0.536. The zero-order valence-electron chi connectivity index (χ0n) is 11.4. The molecule has 0 aliphatic rings. The first-order valence-electron chi connectivity index (χ1n) is 6.33. The van der Waals surface area contributed by atoms with Crippen LogP contribution < -0.4 is 5.73 Å². The number of nitrogens with zero attached hydrogens (tertiary/aromatic N) is 2. The van der Waals surface area contributed by atoms with Crippen LogP contribution in [0.25, 0.3) is 6.08 Å². The number of nitrogens with two attached hydrogens (primary N) is 1. The molecule has 0 atom stereocenters. The summed E-state index contributed by atoms with van der Waals surface area (Å²) < 4.78 is 0. The average Bonchev–Trinajstić information content (AvgIpc) is 2.46. The van der Waals surface area contributed by atoms with Gasteiger partial charge in [0.05, 0.1) is 0 Å². The molecule has 1 amide bonds. The smallest absolute Gasteiger partial charge is 0.246 e. The molecule has 0 radical (unpaired) electrons. The number of benzene rings is 1. The second-order valence-corrected chi connectivity index (χ2v) is 4.56. The van der Waals surface area contributed by atoms with Crippen LogP contribution in [0.3, 0.4) is 0 Å². The first-order chi connectivity index (χ1) is 9.65. The highest BCUT2D eigenvalue weighted by Gasteiger charge is 2.05. The summed E-state index contributed by atoms with van der Waals surface area (Å²) in [5.41, 5.74) is 8.29. The fourth-order valence-corrected chi connectivity index (χ4v) is 1.80. The molecule has 0 unspecified atom stereocenters. The maximum Gasteiger partial charge on any atom is 0.246 e. The predicted octanol–water partition coefficient (Wildman–Crippen LogP) is 2.34. The Morgan fingerprint density at radius 2 is 2.20 bits per heavy atom. The van der Waals surface area contributed by atoms with Crippen molar-refractivity contribution in [2.24, 2.45) is 0 Å². The number of carbonyl (C=O) groups excluding carboxylic acids is 1. The maximum absolute atomic E-state index is 12.0. The fourth-order valence-electron chi connectivity index (χ4n) is 1.80. The fraction of sp³-hybridized carbons (Fsp3) is 0.125. The number of hydrogen-bond donors (Lipinski definition) is 1. The van der Waals surface area contributed by atoms with Crippen LogP contribution in [0.5, 0.6) is 0 Å². The standard InChI is InChI=1S/C16H17N3O/c1-19(12-14-5-3-9-18-11-14)16(20)8-7-13-4-2-6-15(17)10-13/h2-11H,12,17H2,1H3/b8-7+. The quantitative estimate of drug-likeness (QED) is 0.683. The van der Waals surface area contributed by atoms with E-state index in [1.807, 2.05) is 36.4 Å². The first-order valence-corrected chi connectivity index (χ1v) is 6.33. The van der Waals surface area contributed by atoms with Crippen molar-refractivity contribution in [2.75, 3.05) is 12.8 Å². The molecule has 20 heavy (non-hydrogen) atoms. The van der Waals surface area contributed by atoms with E-state index in [4.69, 9.17) is 5.73 Å². The zero-order valence-corrected chi connectivity index (χ0v) is 11.4. The summed E-state index contributed by atoms with van der Waals surface area (Å²) in [4.78, 5) is 17.7. The number of hydrogen-bond acceptors (Lipinski definition) is 3. The van der Waals surface area contributed by atoms with Crippen molar-refractivity contribution in [3.05, 3.63) is 66.0 Å². The number of nitrogen functional groups attached to an aromatic ring is 1. The highest BCUT2D eigenvalue weighted by molar-refractivity contribution is 5.91. The van der Waals surface area contributed by atoms with E-state index in [2.05, 4.69) is 4.98 Å². The van der Waals surface area contributed by atoms with Gasteiger partial charge in [-0.15, -0.1) is 0 Å². The topological polar surface area (TPSA) is 59.2 Å². The van der Waals surface area contributed by atoms with E-state index >= 15 is 0 Å².